The molecule has 25 aliphatic rings. The smallest absolute Gasteiger partial charge is 0.339 e. The summed E-state index contributed by atoms with van der Waals surface area (Å²) in [6.45, 7) is 1.07. The van der Waals surface area contributed by atoms with E-state index in [1.807, 2.05) is 0 Å². The molecule has 12 N–H and O–H groups in total. The molecule has 0 aromatic carbocycles. The molecule has 0 aromatic rings. The molecule has 0 amide bonds. The summed E-state index contributed by atoms with van der Waals surface area (Å²) < 4.78 is 53.1. The van der Waals surface area contributed by atoms with Crippen LogP contribution in [0.25, 0.3) is 0 Å². The largest absolute Gasteiger partial charge is 0.508 e. The molecule has 11 saturated carbocycles. The van der Waals surface area contributed by atoms with E-state index in [2.05, 4.69) is 0 Å². The number of fused-ring (bicyclic) bond motifs is 3. The number of Topliss-reactive ketones (excluding diaryl/α,β-unsaturated/α-hetero) is 1. The Hall–Kier alpha value is -7.18. The second kappa shape index (κ2) is 11.3. The van der Waals surface area contributed by atoms with Gasteiger partial charge in [-0.25, -0.2) is 24.0 Å². The molecule has 7 aliphatic heterocycles. The first-order chi connectivity index (χ1) is 42.1. The molecule has 0 bridgehead atoms. The van der Waals surface area contributed by atoms with Crippen LogP contribution in [-0.2, 0) is 71.5 Å². The summed E-state index contributed by atoms with van der Waals surface area (Å²) >= 11 is 0. The fourth-order valence-electron chi connectivity index (χ4n) is 30.2. The van der Waals surface area contributed by atoms with Crippen LogP contribution in [0.4, 0.5) is 0 Å². The summed E-state index contributed by atoms with van der Waals surface area (Å²) in [5.74, 6) is -41.2. The fourth-order valence-corrected chi connectivity index (χ4v) is 30.2. The molecule has 7 saturated heterocycles. The van der Waals surface area contributed by atoms with Gasteiger partial charge >= 0.3 is 41.8 Å². The van der Waals surface area contributed by atoms with Gasteiger partial charge in [0.15, 0.2) is 11.4 Å². The lowest BCUT2D eigenvalue weighted by Crippen LogP contribution is -2.92. The lowest BCUT2D eigenvalue weighted by atomic mass is 9.20. The van der Waals surface area contributed by atoms with E-state index in [1.54, 1.807) is 0 Å². The molecule has 18 unspecified atom stereocenters. The maximum absolute atomic E-state index is 15.5. The van der Waals surface area contributed by atoms with Crippen molar-refractivity contribution in [3.8, 4) is 0 Å². The van der Waals surface area contributed by atoms with E-state index >= 15 is 19.5 Å². The van der Waals surface area contributed by atoms with Crippen molar-refractivity contribution in [2.24, 2.45) is 94.7 Å². The minimum atomic E-state index is -2.98. The first-order valence-corrected chi connectivity index (χ1v) is 30.2. The van der Waals surface area contributed by atoms with E-state index in [0.29, 0.717) is 0 Å². The third-order valence-electron chi connectivity index (χ3n) is 30.3. The Balaban J connectivity index is 0.942. The van der Waals surface area contributed by atoms with E-state index in [1.165, 1.54) is 24.3 Å². The van der Waals surface area contributed by atoms with Crippen LogP contribution in [0.5, 0.6) is 0 Å². The molecular weight excluding hydrogens is 1180 g/mol. The molecular formula is C62H42O27. The molecule has 33 atom stereocenters. The number of carbonyl (C=O) groups is 8. The number of rotatable bonds is 8. The molecule has 25 rings (SSSR count). The fraction of sp³-hybridized carbons (Fsp3) is 0.581. The van der Waals surface area contributed by atoms with Gasteiger partial charge in [0, 0.05) is 82.2 Å². The predicted molar refractivity (Wildman–Crippen MR) is 266 cm³/mol. The van der Waals surface area contributed by atoms with Gasteiger partial charge in [0.1, 0.15) is 84.6 Å². The zero-order chi connectivity index (χ0) is 60.9. The minimum Gasteiger partial charge on any atom is -0.508 e. The Kier molecular flexibility index (Phi) is 6.04. The van der Waals surface area contributed by atoms with Crippen molar-refractivity contribution >= 4 is 47.6 Å². The number of carboxylic acids is 7. The van der Waals surface area contributed by atoms with Crippen LogP contribution in [0.3, 0.4) is 0 Å². The quantitative estimate of drug-likeness (QED) is 0.0916. The molecule has 7 heterocycles. The Morgan fingerprint density at radius 2 is 1.35 bits per heavy atom. The van der Waals surface area contributed by atoms with E-state index in [-0.39, 0.29) is 39.0 Å². The first-order valence-electron chi connectivity index (χ1n) is 30.2. The molecule has 452 valence electrons. The average Bonchev–Trinajstić information content (AvgIpc) is 1.33. The summed E-state index contributed by atoms with van der Waals surface area (Å²) in [6, 6.07) is 0. The van der Waals surface area contributed by atoms with Gasteiger partial charge < -0.3 is 94.4 Å². The number of epoxide rings is 7. The van der Waals surface area contributed by atoms with Gasteiger partial charge in [0.2, 0.25) is 11.2 Å². The van der Waals surface area contributed by atoms with Gasteiger partial charge in [-0.05, 0) is 71.4 Å². The highest BCUT2D eigenvalue weighted by atomic mass is 16.8. The Morgan fingerprint density at radius 1 is 0.640 bits per heavy atom. The minimum absolute atomic E-state index is 0.0120. The monoisotopic (exact) mass is 1220 g/mol. The number of hydrogen-bond acceptors (Lipinski definition) is 20. The number of aliphatic carboxylic acids is 7. The third kappa shape index (κ3) is 3.06. The number of carboxylic acid groups (broad SMARTS) is 7. The number of ether oxygens (including phenoxy) is 7. The molecule has 89 heavy (non-hydrogen) atoms. The van der Waals surface area contributed by atoms with Crippen molar-refractivity contribution < 1.29 is 133 Å². The number of aliphatic hydroxyl groups excluding tert-OH is 4. The molecule has 18 fully saturated rings. The number of aliphatic hydroxyl groups is 5. The highest BCUT2D eigenvalue weighted by Gasteiger charge is 3.24. The number of ketones is 1. The van der Waals surface area contributed by atoms with Crippen molar-refractivity contribution in [3.63, 3.8) is 0 Å². The molecule has 0 radical (unpaired) electrons. The molecule has 11 spiro atoms. The third-order valence-corrected chi connectivity index (χ3v) is 30.3. The van der Waals surface area contributed by atoms with Crippen LogP contribution in [0.1, 0.15) is 19.8 Å². The zero-order valence-electron chi connectivity index (χ0n) is 45.2. The van der Waals surface area contributed by atoms with Gasteiger partial charge in [0.05, 0.1) is 46.7 Å². The van der Waals surface area contributed by atoms with Gasteiger partial charge in [-0.2, -0.15) is 0 Å². The maximum atomic E-state index is 15.5. The average molecular weight is 1220 g/mol. The van der Waals surface area contributed by atoms with E-state index < -0.39 is 285 Å². The van der Waals surface area contributed by atoms with Crippen LogP contribution in [0, 0.1) is 94.7 Å². The van der Waals surface area contributed by atoms with Gasteiger partial charge in [-0.1, -0.05) is 12.2 Å². The van der Waals surface area contributed by atoms with Crippen LogP contribution in [0.15, 0.2) is 103 Å². The van der Waals surface area contributed by atoms with Crippen LogP contribution < -0.4 is 0 Å². The van der Waals surface area contributed by atoms with Crippen molar-refractivity contribution in [1.82, 2.24) is 0 Å². The van der Waals surface area contributed by atoms with E-state index in [0.717, 1.165) is 13.0 Å². The highest BCUT2D eigenvalue weighted by molar-refractivity contribution is 6.06. The predicted octanol–water partition coefficient (Wildman–Crippen LogP) is -2.09. The Morgan fingerprint density at radius 3 is 2.02 bits per heavy atom. The van der Waals surface area contributed by atoms with E-state index in [9.17, 15) is 80.1 Å². The van der Waals surface area contributed by atoms with Crippen LogP contribution >= 0.6 is 0 Å². The summed E-state index contributed by atoms with van der Waals surface area (Å²) in [4.78, 5) is 119. The second-order valence-electron chi connectivity index (χ2n) is 30.5. The van der Waals surface area contributed by atoms with Gasteiger partial charge in [0.25, 0.3) is 0 Å². The molecule has 27 heteroatoms. The molecule has 18 aliphatic carbocycles. The number of hydrogen-bond donors (Lipinski definition) is 12. The van der Waals surface area contributed by atoms with Crippen LogP contribution in [-0.4, -0.2) is 205 Å². The zero-order valence-corrected chi connectivity index (χ0v) is 45.2. The summed E-state index contributed by atoms with van der Waals surface area (Å²) in [5.41, 5.74) is -39.4. The number of allylic oxidation sites excluding steroid dienone is 3. The number of carbonyl (C=O) groups excluding carboxylic acids is 1. The first kappa shape index (κ1) is 47.7. The van der Waals surface area contributed by atoms with Crippen molar-refractivity contribution in [1.29, 1.82) is 0 Å². The summed E-state index contributed by atoms with van der Waals surface area (Å²) in [7, 11) is 0. The normalized spacial score (nSPS) is 64.9. The van der Waals surface area contributed by atoms with Crippen LogP contribution in [0.2, 0.25) is 0 Å². The van der Waals surface area contributed by atoms with Gasteiger partial charge in [-0.3, -0.25) is 14.4 Å². The Bertz CT molecular complexity index is 4630. The summed E-state index contributed by atoms with van der Waals surface area (Å²) in [6.07, 6.45) is 0.702. The molecule has 0 aromatic heterocycles. The van der Waals surface area contributed by atoms with Crippen molar-refractivity contribution in [3.05, 3.63) is 103 Å². The van der Waals surface area contributed by atoms with Crippen molar-refractivity contribution in [2.75, 3.05) is 0 Å². The molecule has 27 nitrogen and oxygen atoms in total. The lowest BCUT2D eigenvalue weighted by Gasteiger charge is -2.76. The SMILES string of the molecule is CC(=O)C1=C2C(C(=O)O)C3=CC(O)=CC4C(O)C5[C@@]67O[C@]68C6=C9[C@]%10%11O[C@]%10%12C%10C%13C(=C(C(=O)O)C=CC%13[C@]%13(C(=O)O)O[C@]%12%13CC%12C(C(=O)O)=C(O)[C@@]1%13O[C@]%13(C6C2[C@]71O[C@]341)C%12%11)C1=CC(C(=O)O)=C2CC(O)C3C(C(=O)O)[C@]4(O[C@]54C(=O)O)C8[C@]45O[C@]94C%10C1C2[C@]35O. The topological polar surface area (TPSA) is 467 Å². The Labute approximate surface area is 492 Å². The maximum Gasteiger partial charge on any atom is 0.339 e. The highest BCUT2D eigenvalue weighted by Crippen LogP contribution is 3.08. The standard InChI is InChI=1S/C62H42O27/c1-9(63)26-25-24(43(74)75)17-4-10(64)5-18-35(66)38-58(47(80)81)55(85-58)34(44(76)77)28-19(65)7-12-13(41(70)71)6-14-20-11(40(68)69)2-3-16-23(20)30-29-21(14)27(12)49(28,82)62-45(55)56-33-32(31(25)60(50(17,18)86-60)61(38,56)88-56)52-36-15(22(42(72)73)39(67)54(26,52)84-52)8-48(51(16,83-48)46(78)79)59(30)57(36,89-59)37(33)53(29,62)87-62/h2-6,15-16,18-19,21,23-24,27-32,34-36,38,45,64-67,82H,7-8H2,1H3,(H,68,69)(H,70,71)(H,72,73)(H,74,75)(H,76,77)(H,78,79)(H,80,81)/t15?,16?,18?,19?,21?,23?,24?,27?,28?,29?,30?,31?,32?,34?,35?,36?,38?,45?,48-,49-,50+,51+,52+,53+,54-,55-,56-,57-,58-,59-,60+,61+,62+/m0/s1. The van der Waals surface area contributed by atoms with E-state index in [4.69, 9.17) is 33.2 Å². The summed E-state index contributed by atoms with van der Waals surface area (Å²) in [5, 5.41) is 152. The van der Waals surface area contributed by atoms with Crippen molar-refractivity contribution in [2.45, 2.75) is 116 Å². The second-order valence-corrected chi connectivity index (χ2v) is 30.5. The van der Waals surface area contributed by atoms with Gasteiger partial charge in [-0.15, -0.1) is 0 Å². The lowest BCUT2D eigenvalue weighted by molar-refractivity contribution is -0.275.